The molecule has 3 heterocycles. The molecule has 28 heavy (non-hydrogen) atoms. The maximum atomic E-state index is 12.2. The molecule has 0 atom stereocenters. The van der Waals surface area contributed by atoms with Gasteiger partial charge in [-0.3, -0.25) is 9.36 Å². The number of imidazole rings is 1. The normalized spacial score (nSPS) is 11.3. The molecule has 1 amide bonds. The van der Waals surface area contributed by atoms with Crippen LogP contribution in [0.25, 0.3) is 22.9 Å². The number of benzene rings is 1. The van der Waals surface area contributed by atoms with Crippen molar-refractivity contribution in [2.75, 3.05) is 0 Å². The number of pyridine rings is 1. The zero-order valence-corrected chi connectivity index (χ0v) is 15.5. The fourth-order valence-corrected chi connectivity index (χ4v) is 3.04. The van der Waals surface area contributed by atoms with Gasteiger partial charge in [0, 0.05) is 48.6 Å². The Morgan fingerprint density at radius 1 is 1.25 bits per heavy atom. The SMILES string of the molecule is CCc1oc2ccccc2c1/C=C/C(=O)NCc1ccc(-n2ccnc2)nc1. The van der Waals surface area contributed by atoms with Crippen LogP contribution in [0.4, 0.5) is 0 Å². The van der Waals surface area contributed by atoms with E-state index in [0.29, 0.717) is 6.54 Å². The van der Waals surface area contributed by atoms with E-state index < -0.39 is 0 Å². The number of nitrogens with zero attached hydrogens (tertiary/aromatic N) is 3. The number of aromatic nitrogens is 3. The summed E-state index contributed by atoms with van der Waals surface area (Å²) in [6.45, 7) is 2.45. The van der Waals surface area contributed by atoms with Crippen LogP contribution in [0.15, 0.2) is 71.8 Å². The van der Waals surface area contributed by atoms with Gasteiger partial charge in [0.1, 0.15) is 23.5 Å². The first-order valence-electron chi connectivity index (χ1n) is 9.14. The van der Waals surface area contributed by atoms with Gasteiger partial charge in [0.2, 0.25) is 5.91 Å². The zero-order chi connectivity index (χ0) is 19.3. The van der Waals surface area contributed by atoms with E-state index in [-0.39, 0.29) is 5.91 Å². The van der Waals surface area contributed by atoms with Crippen LogP contribution in [-0.2, 0) is 17.8 Å². The van der Waals surface area contributed by atoms with Crippen LogP contribution in [0.1, 0.15) is 23.8 Å². The lowest BCUT2D eigenvalue weighted by Crippen LogP contribution is -2.20. The Morgan fingerprint density at radius 2 is 2.14 bits per heavy atom. The number of carbonyl (C=O) groups excluding carboxylic acids is 1. The Hall–Kier alpha value is -3.67. The third-order valence-corrected chi connectivity index (χ3v) is 4.48. The monoisotopic (exact) mass is 372 g/mol. The summed E-state index contributed by atoms with van der Waals surface area (Å²) in [5.74, 6) is 1.50. The molecule has 1 N–H and O–H groups in total. The van der Waals surface area contributed by atoms with Gasteiger partial charge < -0.3 is 9.73 Å². The van der Waals surface area contributed by atoms with Gasteiger partial charge in [0.15, 0.2) is 0 Å². The average molecular weight is 372 g/mol. The summed E-state index contributed by atoms with van der Waals surface area (Å²) in [5, 5.41) is 3.90. The quantitative estimate of drug-likeness (QED) is 0.521. The summed E-state index contributed by atoms with van der Waals surface area (Å²) in [7, 11) is 0. The lowest BCUT2D eigenvalue weighted by atomic mass is 10.1. The Balaban J connectivity index is 1.41. The van der Waals surface area contributed by atoms with Crippen molar-refractivity contribution >= 4 is 23.0 Å². The number of rotatable bonds is 6. The summed E-state index contributed by atoms with van der Waals surface area (Å²) < 4.78 is 7.68. The number of carbonyl (C=O) groups is 1. The van der Waals surface area contributed by atoms with Crippen LogP contribution in [0, 0.1) is 0 Å². The molecule has 0 fully saturated rings. The molecule has 4 aromatic rings. The molecule has 0 unspecified atom stereocenters. The molecular formula is C22H20N4O2. The van der Waals surface area contributed by atoms with Crippen molar-refractivity contribution in [3.8, 4) is 5.82 Å². The molecule has 0 saturated heterocycles. The van der Waals surface area contributed by atoms with Crippen LogP contribution < -0.4 is 5.32 Å². The van der Waals surface area contributed by atoms with E-state index >= 15 is 0 Å². The number of furan rings is 1. The highest BCUT2D eigenvalue weighted by Crippen LogP contribution is 2.27. The molecule has 3 aromatic heterocycles. The molecule has 0 aliphatic carbocycles. The van der Waals surface area contributed by atoms with Crippen LogP contribution in [0.5, 0.6) is 0 Å². The first-order valence-corrected chi connectivity index (χ1v) is 9.14. The highest BCUT2D eigenvalue weighted by Gasteiger charge is 2.10. The summed E-state index contributed by atoms with van der Waals surface area (Å²) in [4.78, 5) is 20.6. The molecule has 0 bridgehead atoms. The van der Waals surface area contributed by atoms with E-state index in [1.165, 1.54) is 0 Å². The lowest BCUT2D eigenvalue weighted by Gasteiger charge is -2.04. The maximum absolute atomic E-state index is 12.2. The van der Waals surface area contributed by atoms with Gasteiger partial charge in [-0.05, 0) is 23.8 Å². The minimum atomic E-state index is -0.161. The van der Waals surface area contributed by atoms with Crippen molar-refractivity contribution < 1.29 is 9.21 Å². The maximum Gasteiger partial charge on any atom is 0.244 e. The van der Waals surface area contributed by atoms with E-state index in [4.69, 9.17) is 4.42 Å². The van der Waals surface area contributed by atoms with Gasteiger partial charge in [-0.2, -0.15) is 0 Å². The highest BCUT2D eigenvalue weighted by molar-refractivity contribution is 5.96. The third-order valence-electron chi connectivity index (χ3n) is 4.48. The number of amides is 1. The Kier molecular flexibility index (Phi) is 5.01. The van der Waals surface area contributed by atoms with E-state index in [1.54, 1.807) is 24.8 Å². The molecule has 1 aromatic carbocycles. The molecule has 4 rings (SSSR count). The second-order valence-electron chi connectivity index (χ2n) is 6.33. The minimum Gasteiger partial charge on any atom is -0.460 e. The molecule has 0 radical (unpaired) electrons. The largest absolute Gasteiger partial charge is 0.460 e. The summed E-state index contributed by atoms with van der Waals surface area (Å²) in [6, 6.07) is 11.7. The topological polar surface area (TPSA) is 73.0 Å². The third kappa shape index (κ3) is 3.71. The predicted octanol–water partition coefficient (Wildman–Crippen LogP) is 3.91. The fraction of sp³-hybridized carbons (Fsp3) is 0.136. The zero-order valence-electron chi connectivity index (χ0n) is 15.5. The summed E-state index contributed by atoms with van der Waals surface area (Å²) in [5.41, 5.74) is 2.72. The molecule has 6 nitrogen and oxygen atoms in total. The second kappa shape index (κ2) is 7.92. The van der Waals surface area contributed by atoms with Crippen molar-refractivity contribution in [3.63, 3.8) is 0 Å². The lowest BCUT2D eigenvalue weighted by molar-refractivity contribution is -0.116. The van der Waals surface area contributed by atoms with Crippen molar-refractivity contribution in [2.24, 2.45) is 0 Å². The molecule has 0 aliphatic rings. The summed E-state index contributed by atoms with van der Waals surface area (Å²) >= 11 is 0. The number of aryl methyl sites for hydroxylation is 1. The first kappa shape index (κ1) is 17.7. The molecular weight excluding hydrogens is 352 g/mol. The van der Waals surface area contributed by atoms with E-state index in [2.05, 4.69) is 15.3 Å². The fourth-order valence-electron chi connectivity index (χ4n) is 3.04. The van der Waals surface area contributed by atoms with Crippen LogP contribution >= 0.6 is 0 Å². The van der Waals surface area contributed by atoms with Crippen molar-refractivity contribution in [2.45, 2.75) is 19.9 Å². The average Bonchev–Trinajstić information content (AvgIpc) is 3.39. The van der Waals surface area contributed by atoms with Gasteiger partial charge in [0.25, 0.3) is 0 Å². The molecule has 140 valence electrons. The number of hydrogen-bond donors (Lipinski definition) is 1. The summed E-state index contributed by atoms with van der Waals surface area (Å²) in [6.07, 6.45) is 11.1. The van der Waals surface area contributed by atoms with Crippen molar-refractivity contribution in [1.82, 2.24) is 19.9 Å². The molecule has 0 spiro atoms. The van der Waals surface area contributed by atoms with Crippen molar-refractivity contribution in [3.05, 3.63) is 84.3 Å². The smallest absolute Gasteiger partial charge is 0.244 e. The number of hydrogen-bond acceptors (Lipinski definition) is 4. The van der Waals surface area contributed by atoms with Gasteiger partial charge >= 0.3 is 0 Å². The van der Waals surface area contributed by atoms with Gasteiger partial charge in [-0.1, -0.05) is 31.2 Å². The van der Waals surface area contributed by atoms with Gasteiger partial charge in [-0.25, -0.2) is 9.97 Å². The van der Waals surface area contributed by atoms with E-state index in [1.807, 2.05) is 60.2 Å². The van der Waals surface area contributed by atoms with Crippen LogP contribution in [0.3, 0.4) is 0 Å². The number of nitrogens with one attached hydrogen (secondary N) is 1. The van der Waals surface area contributed by atoms with E-state index in [0.717, 1.165) is 40.1 Å². The van der Waals surface area contributed by atoms with Crippen LogP contribution in [0.2, 0.25) is 0 Å². The molecule has 6 heteroatoms. The highest BCUT2D eigenvalue weighted by atomic mass is 16.3. The number of fused-ring (bicyclic) bond motifs is 1. The standard InChI is InChI=1S/C22H20N4O2/c1-2-19-18(17-5-3-4-6-20(17)28-19)8-10-22(27)25-14-16-7-9-21(24-13-16)26-12-11-23-15-26/h3-13,15H,2,14H2,1H3,(H,25,27)/b10-8+. The first-order chi connectivity index (χ1) is 13.7. The van der Waals surface area contributed by atoms with Gasteiger partial charge in [0.05, 0.1) is 0 Å². The molecule has 0 aliphatic heterocycles. The Labute approximate surface area is 162 Å². The Bertz CT molecular complexity index is 1110. The Morgan fingerprint density at radius 3 is 2.89 bits per heavy atom. The van der Waals surface area contributed by atoms with Crippen molar-refractivity contribution in [1.29, 1.82) is 0 Å². The van der Waals surface area contributed by atoms with E-state index in [9.17, 15) is 4.79 Å². The number of para-hydroxylation sites is 1. The second-order valence-corrected chi connectivity index (χ2v) is 6.33. The predicted molar refractivity (Wildman–Crippen MR) is 108 cm³/mol. The minimum absolute atomic E-state index is 0.161. The van der Waals surface area contributed by atoms with Gasteiger partial charge in [-0.15, -0.1) is 0 Å². The molecule has 0 saturated carbocycles. The van der Waals surface area contributed by atoms with Crippen LogP contribution in [-0.4, -0.2) is 20.4 Å².